The first kappa shape index (κ1) is 9.83. The van der Waals surface area contributed by atoms with E-state index in [9.17, 15) is 4.79 Å². The molecule has 1 rings (SSSR count). The van der Waals surface area contributed by atoms with E-state index in [4.69, 9.17) is 15.6 Å². The highest BCUT2D eigenvalue weighted by Gasteiger charge is 2.38. The number of aliphatic carboxylic acids is 1. The van der Waals surface area contributed by atoms with Gasteiger partial charge in [-0.05, 0) is 12.8 Å². The molecule has 0 amide bonds. The third-order valence-corrected chi connectivity index (χ3v) is 2.93. The zero-order chi connectivity index (χ0) is 9.19. The molecule has 4 nitrogen and oxygen atoms in total. The van der Waals surface area contributed by atoms with Crippen molar-refractivity contribution in [1.29, 1.82) is 0 Å². The molecule has 1 aliphatic rings. The Hall–Kier alpha value is -0.260. The maximum absolute atomic E-state index is 10.6. The lowest BCUT2D eigenvalue weighted by molar-refractivity contribution is -0.140. The predicted octanol–water partition coefficient (Wildman–Crippen LogP) is -0.123. The average molecular weight is 191 g/mol. The number of carboxylic acids is 1. The van der Waals surface area contributed by atoms with Gasteiger partial charge in [-0.2, -0.15) is 12.6 Å². The lowest BCUT2D eigenvalue weighted by atomic mass is 9.91. The highest BCUT2D eigenvalue weighted by Crippen LogP contribution is 2.30. The molecule has 0 saturated carbocycles. The minimum Gasteiger partial charge on any atom is -0.480 e. The molecule has 3 N–H and O–H groups in total. The molecular weight excluding hydrogens is 178 g/mol. The molecule has 12 heavy (non-hydrogen) atoms. The van der Waals surface area contributed by atoms with Crippen LogP contribution in [0.4, 0.5) is 0 Å². The van der Waals surface area contributed by atoms with Gasteiger partial charge in [0.25, 0.3) is 0 Å². The fraction of sp³-hybridized carbons (Fsp3) is 0.857. The second-order valence-electron chi connectivity index (χ2n) is 3.03. The highest BCUT2D eigenvalue weighted by atomic mass is 32.1. The van der Waals surface area contributed by atoms with Gasteiger partial charge in [-0.1, -0.05) is 0 Å². The molecular formula is C7H13NO3S. The zero-order valence-electron chi connectivity index (χ0n) is 6.69. The van der Waals surface area contributed by atoms with Gasteiger partial charge in [0.2, 0.25) is 0 Å². The Morgan fingerprint density at radius 1 is 1.58 bits per heavy atom. The summed E-state index contributed by atoms with van der Waals surface area (Å²) in [5.41, 5.74) is 5.49. The SMILES string of the molecule is NC(C(=O)O)C1(S)CCOCC1. The molecule has 1 saturated heterocycles. The molecule has 0 aromatic heterocycles. The van der Waals surface area contributed by atoms with E-state index in [0.29, 0.717) is 26.1 Å². The van der Waals surface area contributed by atoms with Crippen molar-refractivity contribution < 1.29 is 14.6 Å². The lowest BCUT2D eigenvalue weighted by Crippen LogP contribution is -2.51. The monoisotopic (exact) mass is 191 g/mol. The minimum absolute atomic E-state index is 0.546. The van der Waals surface area contributed by atoms with E-state index >= 15 is 0 Å². The van der Waals surface area contributed by atoms with Gasteiger partial charge in [0, 0.05) is 18.0 Å². The van der Waals surface area contributed by atoms with Gasteiger partial charge in [0.05, 0.1) is 0 Å². The summed E-state index contributed by atoms with van der Waals surface area (Å²) in [5, 5.41) is 8.68. The van der Waals surface area contributed by atoms with Crippen LogP contribution in [0.5, 0.6) is 0 Å². The Balaban J connectivity index is 2.62. The van der Waals surface area contributed by atoms with Crippen molar-refractivity contribution in [3.05, 3.63) is 0 Å². The topological polar surface area (TPSA) is 72.6 Å². The van der Waals surface area contributed by atoms with Crippen LogP contribution >= 0.6 is 12.6 Å². The Kier molecular flexibility index (Phi) is 2.98. The Labute approximate surface area is 76.5 Å². The second-order valence-corrected chi connectivity index (χ2v) is 3.92. The summed E-state index contributed by atoms with van der Waals surface area (Å²) >= 11 is 4.30. The smallest absolute Gasteiger partial charge is 0.321 e. The van der Waals surface area contributed by atoms with Gasteiger partial charge in [-0.25, -0.2) is 0 Å². The van der Waals surface area contributed by atoms with Crippen LogP contribution in [-0.2, 0) is 9.53 Å². The summed E-state index contributed by atoms with van der Waals surface area (Å²) in [6, 6.07) is -0.898. The van der Waals surface area contributed by atoms with Crippen molar-refractivity contribution in [1.82, 2.24) is 0 Å². The summed E-state index contributed by atoms with van der Waals surface area (Å²) in [6.07, 6.45) is 1.20. The quantitative estimate of drug-likeness (QED) is 0.532. The summed E-state index contributed by atoms with van der Waals surface area (Å²) in [4.78, 5) is 10.6. The van der Waals surface area contributed by atoms with Crippen LogP contribution < -0.4 is 5.73 Å². The number of hydrogen-bond donors (Lipinski definition) is 3. The molecule has 0 aromatic carbocycles. The Morgan fingerprint density at radius 3 is 2.50 bits per heavy atom. The van der Waals surface area contributed by atoms with Crippen LogP contribution in [-0.4, -0.2) is 35.1 Å². The summed E-state index contributed by atoms with van der Waals surface area (Å²) in [6.45, 7) is 1.09. The number of thiol groups is 1. The number of rotatable bonds is 2. The molecule has 0 spiro atoms. The van der Waals surface area contributed by atoms with Gasteiger partial charge >= 0.3 is 5.97 Å². The summed E-state index contributed by atoms with van der Waals surface area (Å²) in [7, 11) is 0. The molecule has 5 heteroatoms. The van der Waals surface area contributed by atoms with Gasteiger partial charge in [-0.3, -0.25) is 4.79 Å². The number of nitrogens with two attached hydrogens (primary N) is 1. The van der Waals surface area contributed by atoms with E-state index < -0.39 is 16.8 Å². The van der Waals surface area contributed by atoms with Crippen molar-refractivity contribution in [3.63, 3.8) is 0 Å². The lowest BCUT2D eigenvalue weighted by Gasteiger charge is -2.35. The first-order valence-electron chi connectivity index (χ1n) is 3.85. The molecule has 70 valence electrons. The molecule has 0 aromatic rings. The predicted molar refractivity (Wildman–Crippen MR) is 47.4 cm³/mol. The second kappa shape index (κ2) is 3.64. The van der Waals surface area contributed by atoms with E-state index in [0.717, 1.165) is 0 Å². The van der Waals surface area contributed by atoms with Crippen LogP contribution in [0.15, 0.2) is 0 Å². The van der Waals surface area contributed by atoms with Crippen LogP contribution in [0.25, 0.3) is 0 Å². The molecule has 0 radical (unpaired) electrons. The first-order chi connectivity index (χ1) is 5.56. The van der Waals surface area contributed by atoms with Crippen LogP contribution in [0.3, 0.4) is 0 Å². The Morgan fingerprint density at radius 2 is 2.08 bits per heavy atom. The third kappa shape index (κ3) is 1.91. The van der Waals surface area contributed by atoms with Gasteiger partial charge in [0.15, 0.2) is 0 Å². The fourth-order valence-electron chi connectivity index (χ4n) is 1.27. The standard InChI is InChI=1S/C7H13NO3S/c8-5(6(9)10)7(12)1-3-11-4-2-7/h5,12H,1-4,8H2,(H,9,10). The Bertz CT molecular complexity index is 179. The van der Waals surface area contributed by atoms with E-state index in [1.54, 1.807) is 0 Å². The van der Waals surface area contributed by atoms with Crippen molar-refractivity contribution in [2.75, 3.05) is 13.2 Å². The van der Waals surface area contributed by atoms with Crippen molar-refractivity contribution in [2.24, 2.45) is 5.73 Å². The molecule has 1 unspecified atom stereocenters. The molecule has 1 atom stereocenters. The maximum Gasteiger partial charge on any atom is 0.321 e. The van der Waals surface area contributed by atoms with E-state index in [1.165, 1.54) is 0 Å². The molecule has 1 aliphatic heterocycles. The van der Waals surface area contributed by atoms with E-state index in [2.05, 4.69) is 12.6 Å². The van der Waals surface area contributed by atoms with Crippen LogP contribution in [0.2, 0.25) is 0 Å². The van der Waals surface area contributed by atoms with Crippen molar-refractivity contribution >= 4 is 18.6 Å². The summed E-state index contributed by atoms with van der Waals surface area (Å²) in [5.74, 6) is -0.994. The van der Waals surface area contributed by atoms with Crippen LogP contribution in [0, 0.1) is 0 Å². The molecule has 0 aliphatic carbocycles. The van der Waals surface area contributed by atoms with Gasteiger partial charge in [-0.15, -0.1) is 0 Å². The molecule has 1 heterocycles. The largest absolute Gasteiger partial charge is 0.480 e. The summed E-state index contributed by atoms with van der Waals surface area (Å²) < 4.78 is 4.50. The average Bonchev–Trinajstić information content (AvgIpc) is 2.04. The number of hydrogen-bond acceptors (Lipinski definition) is 4. The highest BCUT2D eigenvalue weighted by molar-refractivity contribution is 7.82. The molecule has 0 bridgehead atoms. The van der Waals surface area contributed by atoms with E-state index in [-0.39, 0.29) is 0 Å². The maximum atomic E-state index is 10.6. The molecule has 1 fully saturated rings. The third-order valence-electron chi connectivity index (χ3n) is 2.20. The van der Waals surface area contributed by atoms with Gasteiger partial charge in [0.1, 0.15) is 6.04 Å². The zero-order valence-corrected chi connectivity index (χ0v) is 7.59. The number of ether oxygens (including phenoxy) is 1. The number of carboxylic acid groups (broad SMARTS) is 1. The van der Waals surface area contributed by atoms with Crippen molar-refractivity contribution in [2.45, 2.75) is 23.6 Å². The number of carbonyl (C=O) groups is 1. The van der Waals surface area contributed by atoms with Gasteiger partial charge < -0.3 is 15.6 Å². The minimum atomic E-state index is -0.994. The van der Waals surface area contributed by atoms with Crippen molar-refractivity contribution in [3.8, 4) is 0 Å². The first-order valence-corrected chi connectivity index (χ1v) is 4.29. The van der Waals surface area contributed by atoms with E-state index in [1.807, 2.05) is 0 Å². The fourth-order valence-corrected chi connectivity index (χ4v) is 1.56. The van der Waals surface area contributed by atoms with Crippen LogP contribution in [0.1, 0.15) is 12.8 Å². The normalized spacial score (nSPS) is 24.8.